The fourth-order valence-corrected chi connectivity index (χ4v) is 2.55. The topological polar surface area (TPSA) is 47.6 Å². The molecule has 0 unspecified atom stereocenters. The van der Waals surface area contributed by atoms with E-state index in [1.807, 2.05) is 24.3 Å². The van der Waals surface area contributed by atoms with Gasteiger partial charge in [0.15, 0.2) is 11.5 Å². The Morgan fingerprint density at radius 3 is 2.56 bits per heavy atom. The van der Waals surface area contributed by atoms with Crippen LogP contribution in [0.4, 0.5) is 4.79 Å². The number of hydrogen-bond acceptors (Lipinski definition) is 5. The van der Waals surface area contributed by atoms with Crippen LogP contribution >= 0.6 is 24.0 Å². The highest BCUT2D eigenvalue weighted by Crippen LogP contribution is 2.31. The van der Waals surface area contributed by atoms with Gasteiger partial charge in [-0.05, 0) is 35.5 Å². The van der Waals surface area contributed by atoms with E-state index in [-0.39, 0.29) is 5.24 Å². The summed E-state index contributed by atoms with van der Waals surface area (Å²) in [6.07, 6.45) is 1.84. The Morgan fingerprint density at radius 2 is 2.00 bits per heavy atom. The van der Waals surface area contributed by atoms with Gasteiger partial charge in [0.1, 0.15) is 4.99 Å². The summed E-state index contributed by atoms with van der Waals surface area (Å²) in [6.45, 7) is 0. The molecule has 0 bridgehead atoms. The van der Waals surface area contributed by atoms with Crippen LogP contribution in [0.15, 0.2) is 23.1 Å². The highest BCUT2D eigenvalue weighted by Gasteiger charge is 2.21. The maximum Gasteiger partial charge on any atom is 0.289 e. The van der Waals surface area contributed by atoms with E-state index in [2.05, 4.69) is 5.32 Å². The van der Waals surface area contributed by atoms with Gasteiger partial charge in [-0.1, -0.05) is 18.3 Å². The van der Waals surface area contributed by atoms with Crippen LogP contribution in [0.5, 0.6) is 11.5 Å². The van der Waals surface area contributed by atoms with Gasteiger partial charge in [-0.25, -0.2) is 0 Å². The zero-order valence-electron chi connectivity index (χ0n) is 9.85. The van der Waals surface area contributed by atoms with Crippen LogP contribution in [-0.2, 0) is 0 Å². The van der Waals surface area contributed by atoms with Gasteiger partial charge in [0.2, 0.25) is 0 Å². The Hall–Kier alpha value is -1.53. The molecule has 6 heteroatoms. The number of ether oxygens (including phenoxy) is 2. The summed E-state index contributed by atoms with van der Waals surface area (Å²) in [5, 5.41) is 2.42. The number of rotatable bonds is 3. The molecule has 0 saturated carbocycles. The van der Waals surface area contributed by atoms with Gasteiger partial charge in [-0.2, -0.15) is 0 Å². The molecule has 18 heavy (non-hydrogen) atoms. The normalized spacial score (nSPS) is 16.9. The molecule has 0 aromatic heterocycles. The predicted octanol–water partition coefficient (Wildman–Crippen LogP) is 2.83. The largest absolute Gasteiger partial charge is 0.493 e. The lowest BCUT2D eigenvalue weighted by Gasteiger charge is -2.07. The smallest absolute Gasteiger partial charge is 0.289 e. The summed E-state index contributed by atoms with van der Waals surface area (Å²) in [5.74, 6) is 1.30. The predicted molar refractivity (Wildman–Crippen MR) is 76.2 cm³/mol. The van der Waals surface area contributed by atoms with E-state index in [0.717, 1.165) is 22.2 Å². The van der Waals surface area contributed by atoms with Gasteiger partial charge in [0.05, 0.1) is 19.1 Å². The minimum absolute atomic E-state index is 0.147. The van der Waals surface area contributed by atoms with Gasteiger partial charge in [0, 0.05) is 0 Å². The van der Waals surface area contributed by atoms with Gasteiger partial charge in [-0.3, -0.25) is 4.79 Å². The van der Waals surface area contributed by atoms with Gasteiger partial charge < -0.3 is 14.8 Å². The Kier molecular flexibility index (Phi) is 3.88. The van der Waals surface area contributed by atoms with E-state index in [4.69, 9.17) is 21.7 Å². The number of carbonyl (C=O) groups is 1. The molecular formula is C12H11NO3S2. The fraction of sp³-hybridized carbons (Fsp3) is 0.167. The zero-order valence-corrected chi connectivity index (χ0v) is 11.5. The van der Waals surface area contributed by atoms with Crippen LogP contribution in [0.3, 0.4) is 0 Å². The molecule has 0 aliphatic carbocycles. The summed E-state index contributed by atoms with van der Waals surface area (Å²) in [7, 11) is 3.16. The molecule has 0 radical (unpaired) electrons. The van der Waals surface area contributed by atoms with Crippen molar-refractivity contribution in [2.24, 2.45) is 0 Å². The van der Waals surface area contributed by atoms with E-state index in [1.54, 1.807) is 14.2 Å². The Morgan fingerprint density at radius 1 is 1.28 bits per heavy atom. The average molecular weight is 281 g/mol. The summed E-state index contributed by atoms with van der Waals surface area (Å²) in [5.41, 5.74) is 0.897. The van der Waals surface area contributed by atoms with Crippen LogP contribution in [-0.4, -0.2) is 24.4 Å². The van der Waals surface area contributed by atoms with Crippen molar-refractivity contribution in [1.29, 1.82) is 0 Å². The Bertz CT molecular complexity index is 540. The molecule has 1 saturated heterocycles. The van der Waals surface area contributed by atoms with Crippen molar-refractivity contribution >= 4 is 40.3 Å². The number of thioether (sulfide) groups is 1. The average Bonchev–Trinajstić information content (AvgIpc) is 2.67. The van der Waals surface area contributed by atoms with E-state index < -0.39 is 0 Å². The number of nitrogens with one attached hydrogen (secondary N) is 1. The molecule has 0 atom stereocenters. The molecule has 1 aliphatic heterocycles. The molecule has 1 aromatic carbocycles. The minimum Gasteiger partial charge on any atom is -0.493 e. The van der Waals surface area contributed by atoms with Crippen molar-refractivity contribution in [2.45, 2.75) is 0 Å². The van der Waals surface area contributed by atoms with Crippen molar-refractivity contribution < 1.29 is 14.3 Å². The Labute approximate surface area is 114 Å². The van der Waals surface area contributed by atoms with Crippen molar-refractivity contribution in [1.82, 2.24) is 5.32 Å². The monoisotopic (exact) mass is 281 g/mol. The molecule has 1 heterocycles. The molecule has 94 valence electrons. The number of carbonyl (C=O) groups excluding carboxylic acids is 1. The maximum atomic E-state index is 11.2. The van der Waals surface area contributed by atoms with E-state index in [1.165, 1.54) is 0 Å². The highest BCUT2D eigenvalue weighted by molar-refractivity contribution is 8.19. The van der Waals surface area contributed by atoms with Gasteiger partial charge in [0.25, 0.3) is 5.24 Å². The lowest BCUT2D eigenvalue weighted by molar-refractivity contribution is 0.265. The molecule has 2 rings (SSSR count). The molecular weight excluding hydrogens is 270 g/mol. The minimum atomic E-state index is -0.147. The molecule has 1 aliphatic rings. The molecule has 0 spiro atoms. The first-order valence-electron chi connectivity index (χ1n) is 5.11. The third-order valence-electron chi connectivity index (χ3n) is 2.35. The molecule has 1 aromatic rings. The standard InChI is InChI=1S/C12H11NO3S2/c1-15-8-4-3-7(5-9(8)16-2)6-10-11(17)13-12(14)18-10/h3-6H,1-2H3,(H,13,14,17)/b10-6+. The second-order valence-corrected chi connectivity index (χ2v) is 4.89. The quantitative estimate of drug-likeness (QED) is 0.682. The van der Waals surface area contributed by atoms with Crippen molar-refractivity contribution in [2.75, 3.05) is 14.2 Å². The van der Waals surface area contributed by atoms with Crippen LogP contribution in [0.2, 0.25) is 0 Å². The number of methoxy groups -OCH3 is 2. The molecule has 1 N–H and O–H groups in total. The van der Waals surface area contributed by atoms with Crippen molar-refractivity contribution in [3.8, 4) is 11.5 Å². The van der Waals surface area contributed by atoms with E-state index in [0.29, 0.717) is 16.5 Å². The summed E-state index contributed by atoms with van der Waals surface area (Å²) in [6, 6.07) is 5.52. The third kappa shape index (κ3) is 2.65. The lowest BCUT2D eigenvalue weighted by Crippen LogP contribution is -2.15. The Balaban J connectivity index is 2.32. The molecule has 1 amide bonds. The zero-order chi connectivity index (χ0) is 13.1. The first-order valence-corrected chi connectivity index (χ1v) is 6.33. The number of thiocarbonyl (C=S) groups is 1. The van der Waals surface area contributed by atoms with Crippen LogP contribution < -0.4 is 14.8 Å². The van der Waals surface area contributed by atoms with Crippen LogP contribution in [0.25, 0.3) is 6.08 Å². The maximum absolute atomic E-state index is 11.2. The molecule has 1 fully saturated rings. The fourth-order valence-electron chi connectivity index (χ4n) is 1.52. The second kappa shape index (κ2) is 5.41. The highest BCUT2D eigenvalue weighted by atomic mass is 32.2. The van der Waals surface area contributed by atoms with Gasteiger partial charge >= 0.3 is 0 Å². The van der Waals surface area contributed by atoms with E-state index in [9.17, 15) is 4.79 Å². The lowest BCUT2D eigenvalue weighted by atomic mass is 10.2. The third-order valence-corrected chi connectivity index (χ3v) is 3.63. The van der Waals surface area contributed by atoms with Crippen LogP contribution in [0, 0.1) is 0 Å². The number of hydrogen-bond donors (Lipinski definition) is 1. The SMILES string of the molecule is COc1ccc(/C=C2/SC(=O)NC2=S)cc1OC. The summed E-state index contributed by atoms with van der Waals surface area (Å²) < 4.78 is 10.4. The summed E-state index contributed by atoms with van der Waals surface area (Å²) >= 11 is 6.14. The number of benzene rings is 1. The van der Waals surface area contributed by atoms with E-state index >= 15 is 0 Å². The first-order chi connectivity index (χ1) is 8.63. The molecule has 4 nitrogen and oxygen atoms in total. The van der Waals surface area contributed by atoms with Crippen molar-refractivity contribution in [3.05, 3.63) is 28.7 Å². The van der Waals surface area contributed by atoms with Gasteiger partial charge in [-0.15, -0.1) is 0 Å². The van der Waals surface area contributed by atoms with Crippen LogP contribution in [0.1, 0.15) is 5.56 Å². The summed E-state index contributed by atoms with van der Waals surface area (Å²) in [4.78, 5) is 12.4. The first kappa shape index (κ1) is 12.9. The number of amides is 1. The van der Waals surface area contributed by atoms with Crippen molar-refractivity contribution in [3.63, 3.8) is 0 Å². The second-order valence-electron chi connectivity index (χ2n) is 3.47.